The average molecular weight is 527 g/mol. The Balaban J connectivity index is 1.82. The summed E-state index contributed by atoms with van der Waals surface area (Å²) in [5.41, 5.74) is 1.43. The number of β-amino-alcohol motifs (C(OH)–C–C–N with tert-alkyl or cyclic N) is 1. The maximum absolute atomic E-state index is 13.8. The van der Waals surface area contributed by atoms with E-state index in [9.17, 15) is 27.9 Å². The van der Waals surface area contributed by atoms with E-state index in [0.717, 1.165) is 34.8 Å². The minimum absolute atomic E-state index is 0.0275. The summed E-state index contributed by atoms with van der Waals surface area (Å²) < 4.78 is 41.4. The number of carbonyl (C=O) groups excluding carboxylic acids is 2. The molecule has 3 amide bonds. The van der Waals surface area contributed by atoms with Gasteiger partial charge in [-0.15, -0.1) is 0 Å². The number of nitrogens with one attached hydrogen (secondary N) is 1. The number of para-hydroxylation sites is 1. The molecule has 1 saturated heterocycles. The molecule has 38 heavy (non-hydrogen) atoms. The highest BCUT2D eigenvalue weighted by atomic mass is 19.4. The Bertz CT molecular complexity index is 1270. The Hall–Kier alpha value is -3.89. The number of hydrogen-bond donors (Lipinski definition) is 2. The second-order valence-electron chi connectivity index (χ2n) is 9.03. The molecular formula is C28H29F3N4O3. The highest BCUT2D eigenvalue weighted by Gasteiger charge is 2.33. The molecule has 3 aromatic carbocycles. The van der Waals surface area contributed by atoms with Gasteiger partial charge in [0.05, 0.1) is 28.7 Å². The molecule has 10 heteroatoms. The van der Waals surface area contributed by atoms with Crippen molar-refractivity contribution in [2.45, 2.75) is 32.2 Å². The fourth-order valence-corrected chi connectivity index (χ4v) is 4.69. The lowest BCUT2D eigenvalue weighted by Crippen LogP contribution is -2.37. The van der Waals surface area contributed by atoms with Crippen LogP contribution in [0, 0.1) is 0 Å². The molecule has 0 radical (unpaired) electrons. The lowest BCUT2D eigenvalue weighted by atomic mass is 10.1. The highest BCUT2D eigenvalue weighted by Crippen LogP contribution is 2.42. The maximum atomic E-state index is 13.8. The molecule has 1 heterocycles. The number of imide groups is 1. The molecule has 0 spiro atoms. The fourth-order valence-electron chi connectivity index (χ4n) is 4.69. The van der Waals surface area contributed by atoms with E-state index in [1.165, 1.54) is 6.07 Å². The van der Waals surface area contributed by atoms with E-state index in [-0.39, 0.29) is 18.2 Å². The zero-order valence-electron chi connectivity index (χ0n) is 20.9. The van der Waals surface area contributed by atoms with Crippen LogP contribution in [0.5, 0.6) is 0 Å². The summed E-state index contributed by atoms with van der Waals surface area (Å²) in [5.74, 6) is 0. The van der Waals surface area contributed by atoms with E-state index in [2.05, 4.69) is 10.2 Å². The van der Waals surface area contributed by atoms with Crippen LogP contribution in [0.25, 0.3) is 0 Å². The smallest absolute Gasteiger partial charge is 0.392 e. The molecule has 7 nitrogen and oxygen atoms in total. The molecular weight excluding hydrogens is 497 g/mol. The van der Waals surface area contributed by atoms with Crippen molar-refractivity contribution in [2.75, 3.05) is 29.4 Å². The summed E-state index contributed by atoms with van der Waals surface area (Å²) in [5, 5.41) is 11.9. The van der Waals surface area contributed by atoms with Crippen LogP contribution < -0.4 is 15.1 Å². The van der Waals surface area contributed by atoms with Crippen molar-refractivity contribution in [3.63, 3.8) is 0 Å². The Morgan fingerprint density at radius 2 is 1.79 bits per heavy atom. The van der Waals surface area contributed by atoms with Crippen molar-refractivity contribution in [2.24, 2.45) is 0 Å². The standard InChI is InChI=1S/C28H29F3N4O3/c1-2-34(23-10-6-7-20(15-23)17-33-14-13-24(37)18-33)25-12-11-21(28(29,30)31)16-26(25)35(27(38)32-19-36)22-8-4-3-5-9-22/h3-12,15-16,19,24,37H,2,13-14,17-18H2,1H3,(H,32,36,38). The minimum atomic E-state index is -4.64. The number of halogens is 3. The van der Waals surface area contributed by atoms with Gasteiger partial charge in [-0.3, -0.25) is 19.9 Å². The first-order valence-electron chi connectivity index (χ1n) is 12.3. The van der Waals surface area contributed by atoms with Gasteiger partial charge in [0.2, 0.25) is 6.41 Å². The lowest BCUT2D eigenvalue weighted by molar-refractivity contribution is -0.137. The number of nitrogens with zero attached hydrogens (tertiary/aromatic N) is 3. The van der Waals surface area contributed by atoms with Gasteiger partial charge in [-0.25, -0.2) is 4.79 Å². The Kier molecular flexibility index (Phi) is 8.33. The number of anilines is 4. The van der Waals surface area contributed by atoms with Crippen LogP contribution in [0.2, 0.25) is 0 Å². The van der Waals surface area contributed by atoms with Gasteiger partial charge >= 0.3 is 12.2 Å². The van der Waals surface area contributed by atoms with Crippen molar-refractivity contribution in [1.29, 1.82) is 0 Å². The van der Waals surface area contributed by atoms with E-state index in [0.29, 0.717) is 37.4 Å². The molecule has 0 bridgehead atoms. The molecule has 4 rings (SSSR count). The van der Waals surface area contributed by atoms with Crippen molar-refractivity contribution in [1.82, 2.24) is 10.2 Å². The molecule has 0 aliphatic carbocycles. The van der Waals surface area contributed by atoms with Crippen LogP contribution in [0.1, 0.15) is 24.5 Å². The predicted molar refractivity (Wildman–Crippen MR) is 140 cm³/mol. The predicted octanol–water partition coefficient (Wildman–Crippen LogP) is 5.43. The van der Waals surface area contributed by atoms with Crippen LogP contribution >= 0.6 is 0 Å². The molecule has 200 valence electrons. The van der Waals surface area contributed by atoms with Gasteiger partial charge in [0, 0.05) is 31.9 Å². The van der Waals surface area contributed by atoms with Crippen molar-refractivity contribution in [3.05, 3.63) is 83.9 Å². The van der Waals surface area contributed by atoms with Crippen LogP contribution in [0.4, 0.5) is 40.7 Å². The molecule has 0 aromatic heterocycles. The molecule has 0 saturated carbocycles. The van der Waals surface area contributed by atoms with Crippen LogP contribution in [0.3, 0.4) is 0 Å². The number of aliphatic hydroxyl groups excluding tert-OH is 1. The van der Waals surface area contributed by atoms with Crippen molar-refractivity contribution in [3.8, 4) is 0 Å². The first-order chi connectivity index (χ1) is 18.2. The van der Waals surface area contributed by atoms with Gasteiger partial charge in [0.15, 0.2) is 0 Å². The van der Waals surface area contributed by atoms with Gasteiger partial charge in [-0.2, -0.15) is 13.2 Å². The van der Waals surface area contributed by atoms with Gasteiger partial charge in [-0.1, -0.05) is 30.3 Å². The number of likely N-dealkylation sites (tertiary alicyclic amines) is 1. The maximum Gasteiger partial charge on any atom is 0.416 e. The third-order valence-corrected chi connectivity index (χ3v) is 6.43. The Labute approximate surface area is 219 Å². The van der Waals surface area contributed by atoms with Gasteiger partial charge in [0.25, 0.3) is 0 Å². The number of amides is 3. The summed E-state index contributed by atoms with van der Waals surface area (Å²) in [6.07, 6.45) is -4.08. The van der Waals surface area contributed by atoms with Crippen molar-refractivity contribution >= 4 is 35.2 Å². The van der Waals surface area contributed by atoms with E-state index in [1.54, 1.807) is 30.3 Å². The monoisotopic (exact) mass is 526 g/mol. The molecule has 3 aromatic rings. The number of benzene rings is 3. The first-order valence-corrected chi connectivity index (χ1v) is 12.3. The third-order valence-electron chi connectivity index (χ3n) is 6.43. The van der Waals surface area contributed by atoms with Gasteiger partial charge in [0.1, 0.15) is 0 Å². The normalized spacial score (nSPS) is 15.8. The second-order valence-corrected chi connectivity index (χ2v) is 9.03. The highest BCUT2D eigenvalue weighted by molar-refractivity contribution is 6.06. The van der Waals surface area contributed by atoms with E-state index >= 15 is 0 Å². The third kappa shape index (κ3) is 6.15. The van der Waals surface area contributed by atoms with Gasteiger partial charge in [-0.05, 0) is 61.4 Å². The van der Waals surface area contributed by atoms with Crippen molar-refractivity contribution < 1.29 is 27.9 Å². The zero-order chi connectivity index (χ0) is 27.3. The first kappa shape index (κ1) is 27.2. The van der Waals surface area contributed by atoms with E-state index in [4.69, 9.17) is 0 Å². The molecule has 2 N–H and O–H groups in total. The Morgan fingerprint density at radius 3 is 2.42 bits per heavy atom. The zero-order valence-corrected chi connectivity index (χ0v) is 20.9. The average Bonchev–Trinajstić information content (AvgIpc) is 3.30. The summed E-state index contributed by atoms with van der Waals surface area (Å²) >= 11 is 0. The lowest BCUT2D eigenvalue weighted by Gasteiger charge is -2.31. The Morgan fingerprint density at radius 1 is 1.05 bits per heavy atom. The van der Waals surface area contributed by atoms with Crippen LogP contribution in [-0.4, -0.2) is 48.2 Å². The number of rotatable bonds is 8. The number of hydrogen-bond acceptors (Lipinski definition) is 5. The van der Waals surface area contributed by atoms with Gasteiger partial charge < -0.3 is 10.0 Å². The summed E-state index contributed by atoms with van der Waals surface area (Å²) in [4.78, 5) is 29.2. The molecule has 1 atom stereocenters. The number of alkyl halides is 3. The summed E-state index contributed by atoms with van der Waals surface area (Å²) in [6.45, 7) is 4.25. The van der Waals surface area contributed by atoms with Crippen LogP contribution in [0.15, 0.2) is 72.8 Å². The summed E-state index contributed by atoms with van der Waals surface area (Å²) in [7, 11) is 0. The number of carbonyl (C=O) groups is 2. The molecule has 1 aliphatic heterocycles. The minimum Gasteiger partial charge on any atom is -0.392 e. The van der Waals surface area contributed by atoms with E-state index < -0.39 is 17.8 Å². The fraction of sp³-hybridized carbons (Fsp3) is 0.286. The quantitative estimate of drug-likeness (QED) is 0.383. The molecule has 1 aliphatic rings. The SMILES string of the molecule is CCN(c1cccc(CN2CCC(O)C2)c1)c1ccc(C(F)(F)F)cc1N(C(=O)NC=O)c1ccccc1. The molecule has 1 fully saturated rings. The number of urea groups is 1. The number of aliphatic hydroxyl groups is 1. The van der Waals surface area contributed by atoms with E-state index in [1.807, 2.05) is 36.1 Å². The topological polar surface area (TPSA) is 76.1 Å². The molecule has 1 unspecified atom stereocenters. The largest absolute Gasteiger partial charge is 0.416 e. The van der Waals surface area contributed by atoms with Crippen LogP contribution in [-0.2, 0) is 17.5 Å². The second kappa shape index (κ2) is 11.7. The summed E-state index contributed by atoms with van der Waals surface area (Å²) in [6, 6.07) is 18.2.